The maximum absolute atomic E-state index is 14.3. The Bertz CT molecular complexity index is 3210. The van der Waals surface area contributed by atoms with Gasteiger partial charge in [-0.05, 0) is 212 Å². The number of thioether (sulfide) groups is 4. The monoisotopic (exact) mass is 1970 g/mol. The van der Waals surface area contributed by atoms with E-state index in [4.69, 9.17) is 18.9 Å². The van der Waals surface area contributed by atoms with Crippen molar-refractivity contribution in [2.45, 2.75) is 412 Å². The SMILES string of the molecule is CCCCCCC(=O)NCCCCCC(=O)N(CCCCCC(=O)N(CCCCCC(=O)N(C)CCCCSC1OCC(C)(O)C(O)C1C)CCCCCC(=O)N(C)CCCCSC1OCC(C)(O)C(O)C1C)CCCCCC(=O)N(CCCCCC(=O)N(C)CCCCSC1OCC(C)(O)C(O)C1C)CCCCCC(=O)N(C)CCCCSC1OC(CO)C(C)(O)C(C)(O)C1(C)O. The number of carbonyl (C=O) groups is 8. The summed E-state index contributed by atoms with van der Waals surface area (Å²) in [6, 6.07) is 0. The number of unbranched alkanes of at least 4 members (excludes halogenated alkanes) is 21. The summed E-state index contributed by atoms with van der Waals surface area (Å²) in [6.45, 7) is 22.6. The van der Waals surface area contributed by atoms with Crippen molar-refractivity contribution in [3.63, 3.8) is 0 Å². The van der Waals surface area contributed by atoms with E-state index in [0.717, 1.165) is 152 Å². The Morgan fingerprint density at radius 2 is 0.586 bits per heavy atom. The number of nitrogens with zero attached hydrogens (tertiary/aromatic N) is 7. The summed E-state index contributed by atoms with van der Waals surface area (Å²) < 4.78 is 23.5. The van der Waals surface area contributed by atoms with E-state index >= 15 is 0 Å². The molecule has 11 N–H and O–H groups in total. The highest BCUT2D eigenvalue weighted by atomic mass is 32.2. The van der Waals surface area contributed by atoms with Gasteiger partial charge in [0.05, 0.1) is 44.7 Å². The summed E-state index contributed by atoms with van der Waals surface area (Å²) in [4.78, 5) is 122. The second-order valence-corrected chi connectivity index (χ2v) is 44.9. The number of nitrogens with one attached hydrogen (secondary N) is 1. The molecule has 0 aromatic rings. The Hall–Kier alpha value is -3.40. The van der Waals surface area contributed by atoms with E-state index < -0.39 is 70.1 Å². The summed E-state index contributed by atoms with van der Waals surface area (Å²) in [6.07, 6.45) is 25.1. The maximum Gasteiger partial charge on any atom is 0.222 e. The molecule has 17 atom stereocenters. The van der Waals surface area contributed by atoms with Crippen molar-refractivity contribution in [1.29, 1.82) is 0 Å². The number of aliphatic hydroxyl groups is 10. The van der Waals surface area contributed by atoms with Crippen LogP contribution in [0.15, 0.2) is 0 Å². The molecule has 30 nitrogen and oxygen atoms in total. The number of aliphatic hydroxyl groups excluding tert-OH is 4. The van der Waals surface area contributed by atoms with Gasteiger partial charge in [0, 0.05) is 169 Å². The number of hydrogen-bond acceptors (Lipinski definition) is 26. The molecule has 8 amide bonds. The van der Waals surface area contributed by atoms with Crippen molar-refractivity contribution in [3.8, 4) is 0 Å². The molecular weight excluding hydrogens is 1780 g/mol. The number of carbonyl (C=O) groups excluding carboxylic acids is 8. The molecule has 4 fully saturated rings. The zero-order valence-corrected chi connectivity index (χ0v) is 87.7. The minimum Gasteiger partial charge on any atom is -0.394 e. The predicted molar refractivity (Wildman–Crippen MR) is 532 cm³/mol. The van der Waals surface area contributed by atoms with Crippen LogP contribution >= 0.6 is 47.0 Å². The first-order valence-electron chi connectivity index (χ1n) is 51.0. The van der Waals surface area contributed by atoms with Crippen LogP contribution in [-0.4, -0.2) is 362 Å². The molecule has 4 aliphatic heterocycles. The first kappa shape index (κ1) is 122. The lowest BCUT2D eigenvalue weighted by Gasteiger charge is -2.57. The average Bonchev–Trinajstić information content (AvgIpc) is 0.720. The standard InChI is InChI=1S/C99H184N8O22S4/c1-15-16-17-25-48-79(109)100-56-33-18-26-53-84(114)105(65-38-23-31-54-85(115)106(61-34-19-27-49-80(110)101(11)57-40-44-67-130-90-75(2)87(117)94(5,120)72-126-90)62-35-20-28-50-81(111)102(12)58-41-45-68-131-91-76(3)88(118)95(6,121)73-127-91)66-39-24-32-55-86(116)107(63-36-21-29-51-82(112)103(13)59-42-46-69-132-92-77(4)89(119)96(7,122)74-128-92)64-37-22-30-52-83(113)104(14)60-43-47-70-133-93-98(9,124)99(10,125)97(8,123)78(71-108)129-93/h75-78,87-93,108,117-125H,15-74H2,1-14H3,(H,100,109). The van der Waals surface area contributed by atoms with Crippen molar-refractivity contribution in [1.82, 2.24) is 39.6 Å². The molecule has 133 heavy (non-hydrogen) atoms. The van der Waals surface area contributed by atoms with Gasteiger partial charge in [0.1, 0.15) is 61.5 Å². The molecule has 0 aromatic carbocycles. The fourth-order valence-electron chi connectivity index (χ4n) is 17.7. The van der Waals surface area contributed by atoms with Gasteiger partial charge in [-0.1, -0.05) is 91.9 Å². The van der Waals surface area contributed by atoms with Crippen molar-refractivity contribution < 1.29 is 108 Å². The molecule has 34 heteroatoms. The van der Waals surface area contributed by atoms with E-state index in [1.165, 1.54) is 32.5 Å². The second-order valence-electron chi connectivity index (χ2n) is 40.1. The van der Waals surface area contributed by atoms with Gasteiger partial charge in [0.2, 0.25) is 47.3 Å². The van der Waals surface area contributed by atoms with Crippen LogP contribution in [0.5, 0.6) is 0 Å². The van der Waals surface area contributed by atoms with E-state index in [1.807, 2.05) is 56.6 Å². The molecule has 4 aliphatic rings. The van der Waals surface area contributed by atoms with Gasteiger partial charge in [-0.2, -0.15) is 0 Å². The summed E-state index contributed by atoms with van der Waals surface area (Å²) >= 11 is 6.18. The molecule has 776 valence electrons. The first-order valence-corrected chi connectivity index (χ1v) is 55.2. The highest BCUT2D eigenvalue weighted by Gasteiger charge is 2.65. The van der Waals surface area contributed by atoms with Crippen LogP contribution in [0, 0.1) is 17.8 Å². The lowest BCUT2D eigenvalue weighted by molar-refractivity contribution is -0.326. The highest BCUT2D eigenvalue weighted by Crippen LogP contribution is 2.48. The zero-order chi connectivity index (χ0) is 98.8. The van der Waals surface area contributed by atoms with Crippen LogP contribution in [0.1, 0.15) is 332 Å². The molecular formula is C99H184N8O22S4. The Kier molecular flexibility index (Phi) is 59.5. The Labute approximate surface area is 817 Å². The molecule has 0 aliphatic carbocycles. The van der Waals surface area contributed by atoms with Gasteiger partial charge in [-0.3, -0.25) is 38.4 Å². The van der Waals surface area contributed by atoms with Crippen molar-refractivity contribution >= 4 is 94.3 Å². The zero-order valence-electron chi connectivity index (χ0n) is 84.4. The van der Waals surface area contributed by atoms with Gasteiger partial charge < -0.3 is 110 Å². The quantitative estimate of drug-likeness (QED) is 0.0252. The summed E-state index contributed by atoms with van der Waals surface area (Å²) in [5.41, 5.74) is -11.0. The Morgan fingerprint density at radius 1 is 0.331 bits per heavy atom. The van der Waals surface area contributed by atoms with Gasteiger partial charge >= 0.3 is 0 Å². The molecule has 4 rings (SSSR count). The van der Waals surface area contributed by atoms with Crippen molar-refractivity contribution in [3.05, 3.63) is 0 Å². The maximum atomic E-state index is 14.3. The lowest BCUT2D eigenvalue weighted by Crippen LogP contribution is -2.76. The largest absolute Gasteiger partial charge is 0.394 e. The summed E-state index contributed by atoms with van der Waals surface area (Å²) in [5.74, 6) is 2.80. The number of rotatable bonds is 72. The van der Waals surface area contributed by atoms with Gasteiger partial charge in [-0.25, -0.2) is 0 Å². The van der Waals surface area contributed by atoms with Crippen molar-refractivity contribution in [2.24, 2.45) is 17.8 Å². The minimum atomic E-state index is -1.97. The third kappa shape index (κ3) is 44.3. The molecule has 0 spiro atoms. The third-order valence-electron chi connectivity index (χ3n) is 27.8. The van der Waals surface area contributed by atoms with E-state index in [1.54, 1.807) is 82.7 Å². The molecule has 4 heterocycles. The number of ether oxygens (including phenoxy) is 4. The average molecular weight is 1970 g/mol. The number of hydrogen-bond donors (Lipinski definition) is 11. The summed E-state index contributed by atoms with van der Waals surface area (Å²) in [7, 11) is 7.29. The topological polar surface area (TPSA) is 410 Å². The fourth-order valence-corrected chi connectivity index (χ4v) is 22.7. The number of amides is 8. The Morgan fingerprint density at radius 3 is 0.872 bits per heavy atom. The minimum absolute atomic E-state index is 0.0155. The Balaban J connectivity index is 1.34. The van der Waals surface area contributed by atoms with Gasteiger partial charge in [-0.15, -0.1) is 47.0 Å². The molecule has 0 saturated carbocycles. The van der Waals surface area contributed by atoms with Crippen LogP contribution < -0.4 is 5.32 Å². The van der Waals surface area contributed by atoms with Crippen LogP contribution in [0.2, 0.25) is 0 Å². The second kappa shape index (κ2) is 64.9. The van der Waals surface area contributed by atoms with E-state index in [-0.39, 0.29) is 101 Å². The van der Waals surface area contributed by atoms with E-state index in [0.29, 0.717) is 206 Å². The predicted octanol–water partition coefficient (Wildman–Crippen LogP) is 11.7. The smallest absolute Gasteiger partial charge is 0.222 e. The molecule has 0 radical (unpaired) electrons. The lowest BCUT2D eigenvalue weighted by atomic mass is 9.69. The summed E-state index contributed by atoms with van der Waals surface area (Å²) in [5, 5.41) is 109. The molecule has 4 saturated heterocycles. The fraction of sp³-hybridized carbons (Fsp3) is 0.919. The van der Waals surface area contributed by atoms with E-state index in [9.17, 15) is 89.4 Å². The normalized spacial score (nSPS) is 27.1. The molecule has 0 bridgehead atoms. The highest BCUT2D eigenvalue weighted by molar-refractivity contribution is 8.00. The van der Waals surface area contributed by atoms with Crippen LogP contribution in [0.4, 0.5) is 0 Å². The molecule has 17 unspecified atom stereocenters. The third-order valence-corrected chi connectivity index (χ3v) is 33.5. The van der Waals surface area contributed by atoms with Gasteiger partial charge in [0.25, 0.3) is 0 Å². The van der Waals surface area contributed by atoms with Gasteiger partial charge in [0.15, 0.2) is 0 Å². The first-order chi connectivity index (χ1) is 63.0. The van der Waals surface area contributed by atoms with Crippen molar-refractivity contribution in [2.75, 3.05) is 150 Å². The van der Waals surface area contributed by atoms with E-state index in [2.05, 4.69) is 12.2 Å². The van der Waals surface area contributed by atoms with Crippen LogP contribution in [0.25, 0.3) is 0 Å². The van der Waals surface area contributed by atoms with Crippen LogP contribution in [-0.2, 0) is 57.3 Å². The van der Waals surface area contributed by atoms with Crippen LogP contribution in [0.3, 0.4) is 0 Å². The molecule has 0 aromatic heterocycles.